The standard InChI is InChI=1S/C11H18O3/c1-9(13-3)5-7-11(12)8-6-10(2)14-4/h5-10H,1-4H3. The van der Waals surface area contributed by atoms with Gasteiger partial charge in [0.2, 0.25) is 0 Å². The Labute approximate surface area is 85.4 Å². The third kappa shape index (κ3) is 6.57. The molecule has 0 fully saturated rings. The molecular formula is C11H18O3. The van der Waals surface area contributed by atoms with E-state index in [1.54, 1.807) is 26.4 Å². The Balaban J connectivity index is 3.97. The first-order valence-corrected chi connectivity index (χ1v) is 4.56. The summed E-state index contributed by atoms with van der Waals surface area (Å²) in [7, 11) is 3.20. The summed E-state index contributed by atoms with van der Waals surface area (Å²) in [5.41, 5.74) is 0. The molecule has 14 heavy (non-hydrogen) atoms. The third-order valence-corrected chi connectivity index (χ3v) is 1.81. The molecule has 80 valence electrons. The van der Waals surface area contributed by atoms with Crippen LogP contribution in [0.5, 0.6) is 0 Å². The molecule has 0 radical (unpaired) electrons. The van der Waals surface area contributed by atoms with Crippen molar-refractivity contribution in [3.63, 3.8) is 0 Å². The summed E-state index contributed by atoms with van der Waals surface area (Å²) in [5.74, 6) is -0.0576. The summed E-state index contributed by atoms with van der Waals surface area (Å²) < 4.78 is 9.92. The van der Waals surface area contributed by atoms with Crippen LogP contribution in [0.2, 0.25) is 0 Å². The number of carbonyl (C=O) groups excluding carboxylic acids is 1. The van der Waals surface area contributed by atoms with Gasteiger partial charge >= 0.3 is 0 Å². The molecule has 0 bridgehead atoms. The van der Waals surface area contributed by atoms with Crippen molar-refractivity contribution in [1.29, 1.82) is 0 Å². The minimum absolute atomic E-state index is 0.0350. The molecule has 0 saturated heterocycles. The van der Waals surface area contributed by atoms with E-state index in [4.69, 9.17) is 9.47 Å². The number of carbonyl (C=O) groups is 1. The van der Waals surface area contributed by atoms with Gasteiger partial charge in [-0.2, -0.15) is 0 Å². The van der Waals surface area contributed by atoms with Gasteiger partial charge in [0.05, 0.1) is 12.2 Å². The summed E-state index contributed by atoms with van der Waals surface area (Å²) in [6.45, 7) is 3.73. The number of allylic oxidation sites excluding steroid dienone is 2. The summed E-state index contributed by atoms with van der Waals surface area (Å²) in [6, 6.07) is 0. The molecule has 0 aliphatic carbocycles. The molecular weight excluding hydrogens is 180 g/mol. The third-order valence-electron chi connectivity index (χ3n) is 1.81. The summed E-state index contributed by atoms with van der Waals surface area (Å²) in [4.78, 5) is 11.2. The van der Waals surface area contributed by atoms with Crippen LogP contribution in [0, 0.1) is 0 Å². The fourth-order valence-corrected chi connectivity index (χ4v) is 0.673. The maximum absolute atomic E-state index is 11.2. The first-order valence-electron chi connectivity index (χ1n) is 4.56. The van der Waals surface area contributed by atoms with Crippen LogP contribution in [0.3, 0.4) is 0 Å². The predicted molar refractivity (Wildman–Crippen MR) is 56.2 cm³/mol. The Morgan fingerprint density at radius 1 is 1.00 bits per heavy atom. The van der Waals surface area contributed by atoms with Crippen LogP contribution in [0.15, 0.2) is 24.3 Å². The SMILES string of the molecule is COC(C)C=CC(=O)C=CC(C)OC. The van der Waals surface area contributed by atoms with E-state index in [1.807, 2.05) is 13.8 Å². The van der Waals surface area contributed by atoms with E-state index in [0.717, 1.165) is 0 Å². The number of hydrogen-bond acceptors (Lipinski definition) is 3. The summed E-state index contributed by atoms with van der Waals surface area (Å²) >= 11 is 0. The lowest BCUT2D eigenvalue weighted by Gasteiger charge is -2.01. The molecule has 2 atom stereocenters. The number of ketones is 1. The molecule has 0 heterocycles. The van der Waals surface area contributed by atoms with Crippen LogP contribution >= 0.6 is 0 Å². The monoisotopic (exact) mass is 198 g/mol. The average molecular weight is 198 g/mol. The number of methoxy groups -OCH3 is 2. The van der Waals surface area contributed by atoms with E-state index in [1.165, 1.54) is 12.2 Å². The summed E-state index contributed by atoms with van der Waals surface area (Å²) in [5, 5.41) is 0. The Kier molecular flexibility index (Phi) is 6.98. The van der Waals surface area contributed by atoms with Crippen molar-refractivity contribution in [2.45, 2.75) is 26.1 Å². The van der Waals surface area contributed by atoms with Gasteiger partial charge in [0.1, 0.15) is 0 Å². The molecule has 3 nitrogen and oxygen atoms in total. The number of ether oxygens (including phenoxy) is 2. The van der Waals surface area contributed by atoms with Crippen LogP contribution in [-0.2, 0) is 14.3 Å². The zero-order valence-electron chi connectivity index (χ0n) is 9.19. The summed E-state index contributed by atoms with van der Waals surface area (Å²) in [6.07, 6.45) is 6.34. The van der Waals surface area contributed by atoms with Crippen molar-refractivity contribution < 1.29 is 14.3 Å². The van der Waals surface area contributed by atoms with Gasteiger partial charge in [0.15, 0.2) is 5.78 Å². The first-order chi connectivity index (χ1) is 6.60. The molecule has 0 aromatic heterocycles. The zero-order valence-corrected chi connectivity index (χ0v) is 9.19. The quantitative estimate of drug-likeness (QED) is 0.610. The normalized spacial score (nSPS) is 16.3. The second-order valence-electron chi connectivity index (χ2n) is 3.00. The molecule has 0 aliphatic rings. The van der Waals surface area contributed by atoms with E-state index in [0.29, 0.717) is 0 Å². The van der Waals surface area contributed by atoms with Crippen molar-refractivity contribution >= 4 is 5.78 Å². The second-order valence-corrected chi connectivity index (χ2v) is 3.00. The van der Waals surface area contributed by atoms with Crippen molar-refractivity contribution in [2.75, 3.05) is 14.2 Å². The first kappa shape index (κ1) is 13.1. The van der Waals surface area contributed by atoms with E-state index in [2.05, 4.69) is 0 Å². The smallest absolute Gasteiger partial charge is 0.178 e. The predicted octanol–water partition coefficient (Wildman–Crippen LogP) is 1.74. The Hall–Kier alpha value is -0.930. The lowest BCUT2D eigenvalue weighted by Crippen LogP contribution is -2.02. The molecule has 0 saturated carbocycles. The fourth-order valence-electron chi connectivity index (χ4n) is 0.673. The molecule has 0 aromatic rings. The van der Waals surface area contributed by atoms with Crippen LogP contribution in [-0.4, -0.2) is 32.2 Å². The topological polar surface area (TPSA) is 35.5 Å². The zero-order chi connectivity index (χ0) is 11.0. The van der Waals surface area contributed by atoms with E-state index >= 15 is 0 Å². The van der Waals surface area contributed by atoms with Crippen molar-refractivity contribution in [1.82, 2.24) is 0 Å². The lowest BCUT2D eigenvalue weighted by molar-refractivity contribution is -0.110. The van der Waals surface area contributed by atoms with Crippen molar-refractivity contribution in [3.05, 3.63) is 24.3 Å². The van der Waals surface area contributed by atoms with Gasteiger partial charge in [-0.15, -0.1) is 0 Å². The van der Waals surface area contributed by atoms with Crippen LogP contribution in [0.4, 0.5) is 0 Å². The molecule has 0 N–H and O–H groups in total. The number of rotatable bonds is 6. The maximum Gasteiger partial charge on any atom is 0.178 e. The fraction of sp³-hybridized carbons (Fsp3) is 0.545. The average Bonchev–Trinajstić information content (AvgIpc) is 2.22. The van der Waals surface area contributed by atoms with Gasteiger partial charge in [-0.05, 0) is 26.0 Å². The minimum Gasteiger partial charge on any atom is -0.378 e. The van der Waals surface area contributed by atoms with Gasteiger partial charge in [-0.1, -0.05) is 12.2 Å². The molecule has 3 heteroatoms. The Bertz CT molecular complexity index is 197. The Morgan fingerprint density at radius 2 is 1.36 bits per heavy atom. The van der Waals surface area contributed by atoms with Gasteiger partial charge in [-0.25, -0.2) is 0 Å². The minimum atomic E-state index is -0.0576. The maximum atomic E-state index is 11.2. The Morgan fingerprint density at radius 3 is 1.64 bits per heavy atom. The molecule has 2 unspecified atom stereocenters. The van der Waals surface area contributed by atoms with E-state index < -0.39 is 0 Å². The van der Waals surface area contributed by atoms with Crippen molar-refractivity contribution in [3.8, 4) is 0 Å². The molecule has 0 amide bonds. The number of hydrogen-bond donors (Lipinski definition) is 0. The molecule has 0 aliphatic heterocycles. The van der Waals surface area contributed by atoms with Gasteiger partial charge in [0, 0.05) is 14.2 Å². The molecule has 0 rings (SSSR count). The van der Waals surface area contributed by atoms with Gasteiger partial charge < -0.3 is 9.47 Å². The highest BCUT2D eigenvalue weighted by Crippen LogP contribution is 1.93. The van der Waals surface area contributed by atoms with Crippen LogP contribution in [0.25, 0.3) is 0 Å². The lowest BCUT2D eigenvalue weighted by atomic mass is 10.2. The molecule has 0 spiro atoms. The molecule has 0 aromatic carbocycles. The second kappa shape index (κ2) is 7.47. The highest BCUT2D eigenvalue weighted by atomic mass is 16.5. The van der Waals surface area contributed by atoms with E-state index in [-0.39, 0.29) is 18.0 Å². The van der Waals surface area contributed by atoms with Crippen LogP contribution in [0.1, 0.15) is 13.8 Å². The van der Waals surface area contributed by atoms with Crippen molar-refractivity contribution in [2.24, 2.45) is 0 Å². The largest absolute Gasteiger partial charge is 0.378 e. The van der Waals surface area contributed by atoms with E-state index in [9.17, 15) is 4.79 Å². The highest BCUT2D eigenvalue weighted by molar-refractivity contribution is 5.99. The highest BCUT2D eigenvalue weighted by Gasteiger charge is 1.95. The van der Waals surface area contributed by atoms with Gasteiger partial charge in [-0.3, -0.25) is 4.79 Å². The van der Waals surface area contributed by atoms with Gasteiger partial charge in [0.25, 0.3) is 0 Å². The van der Waals surface area contributed by atoms with Crippen LogP contribution < -0.4 is 0 Å².